The molecule has 58 heavy (non-hydrogen) atoms. The third-order valence-electron chi connectivity index (χ3n) is 11.8. The van der Waals surface area contributed by atoms with Crippen LogP contribution in [0.4, 0.5) is 0 Å². The fraction of sp³-hybridized carbons (Fsp3) is 0. The average molecular weight is 735 g/mol. The Labute approximate surface area is 339 Å². The van der Waals surface area contributed by atoms with Gasteiger partial charge >= 0.3 is 0 Å². The smallest absolute Gasteiger partial charge is 0.000719 e. The molecule has 0 saturated heterocycles. The van der Waals surface area contributed by atoms with Crippen molar-refractivity contribution in [2.75, 3.05) is 0 Å². The molecule has 0 aliphatic carbocycles. The summed E-state index contributed by atoms with van der Waals surface area (Å²) in [5, 5.41) is 9.92. The zero-order chi connectivity index (χ0) is 38.4. The van der Waals surface area contributed by atoms with Crippen LogP contribution in [0, 0.1) is 0 Å². The van der Waals surface area contributed by atoms with Crippen LogP contribution >= 0.6 is 0 Å². The monoisotopic (exact) mass is 734 g/mol. The molecule has 0 aliphatic rings. The van der Waals surface area contributed by atoms with Crippen LogP contribution < -0.4 is 0 Å². The van der Waals surface area contributed by atoms with E-state index in [0.717, 1.165) is 0 Å². The van der Waals surface area contributed by atoms with E-state index in [4.69, 9.17) is 0 Å². The second-order valence-corrected chi connectivity index (χ2v) is 15.1. The van der Waals surface area contributed by atoms with Crippen LogP contribution in [0.3, 0.4) is 0 Å². The molecule has 0 N–H and O–H groups in total. The molecule has 11 rings (SSSR count). The van der Waals surface area contributed by atoms with Crippen molar-refractivity contribution in [3.05, 3.63) is 231 Å². The fourth-order valence-electron chi connectivity index (χ4n) is 9.38. The molecule has 0 fully saturated rings. The van der Waals surface area contributed by atoms with Crippen molar-refractivity contribution in [1.82, 2.24) is 0 Å². The Hall–Kier alpha value is -7.54. The van der Waals surface area contributed by atoms with E-state index in [-0.39, 0.29) is 0 Å². The van der Waals surface area contributed by atoms with Gasteiger partial charge in [0, 0.05) is 0 Å². The Morgan fingerprint density at radius 1 is 0.172 bits per heavy atom. The van der Waals surface area contributed by atoms with E-state index in [2.05, 4.69) is 231 Å². The van der Waals surface area contributed by atoms with Crippen LogP contribution in [0.15, 0.2) is 231 Å². The lowest BCUT2D eigenvalue weighted by atomic mass is 9.72. The van der Waals surface area contributed by atoms with Gasteiger partial charge in [0.1, 0.15) is 0 Å². The maximum Gasteiger partial charge on any atom is -0.000719 e. The summed E-state index contributed by atoms with van der Waals surface area (Å²) in [7, 11) is 0. The molecule has 11 aromatic rings. The molecule has 0 amide bonds. The summed E-state index contributed by atoms with van der Waals surface area (Å²) in [6, 6.07) is 84.9. The molecule has 0 heteroatoms. The first-order valence-electron chi connectivity index (χ1n) is 20.1. The van der Waals surface area contributed by atoms with E-state index in [0.29, 0.717) is 0 Å². The van der Waals surface area contributed by atoms with E-state index in [9.17, 15) is 0 Å². The van der Waals surface area contributed by atoms with E-state index in [1.54, 1.807) is 0 Å². The van der Waals surface area contributed by atoms with Gasteiger partial charge in [-0.05, 0) is 122 Å². The SMILES string of the molecule is c1ccc(-c2c(-c3ccccc3)c(-c3ccccc3)c(-c3cc4ccccc4c4ccccc34)c(-c3cc4ccccc4c4ccccc34)c2-c2ccccc2)cc1. The highest BCUT2D eigenvalue weighted by Crippen LogP contribution is 2.58. The van der Waals surface area contributed by atoms with E-state index in [1.165, 1.54) is 110 Å². The molecule has 0 unspecified atom stereocenters. The predicted molar refractivity (Wildman–Crippen MR) is 249 cm³/mol. The molecular formula is C58H38. The van der Waals surface area contributed by atoms with Gasteiger partial charge in [-0.1, -0.05) is 218 Å². The van der Waals surface area contributed by atoms with E-state index in [1.807, 2.05) is 0 Å². The van der Waals surface area contributed by atoms with Crippen molar-refractivity contribution in [3.63, 3.8) is 0 Å². The third kappa shape index (κ3) is 5.53. The predicted octanol–water partition coefficient (Wildman–Crippen LogP) is 16.3. The highest BCUT2D eigenvalue weighted by Gasteiger charge is 2.31. The standard InChI is InChI=1S/C58H38/c1-5-21-39(22-6-1)53-54(40-23-7-2-8-24-40)56(42-27-11-4-12-28-42)58(52-38-44-30-14-16-32-46(44)48-34-18-20-36-50(48)52)57(55(53)41-25-9-3-10-26-41)51-37-43-29-13-15-31-45(43)47-33-17-19-35-49(47)51/h1-38H. The van der Waals surface area contributed by atoms with Gasteiger partial charge in [-0.15, -0.1) is 0 Å². The van der Waals surface area contributed by atoms with E-state index >= 15 is 0 Å². The van der Waals surface area contributed by atoms with Crippen LogP contribution in [0.1, 0.15) is 0 Å². The quantitative estimate of drug-likeness (QED) is 0.149. The van der Waals surface area contributed by atoms with Gasteiger partial charge in [0.15, 0.2) is 0 Å². The van der Waals surface area contributed by atoms with Gasteiger partial charge in [0.25, 0.3) is 0 Å². The molecule has 0 atom stereocenters. The Morgan fingerprint density at radius 2 is 0.414 bits per heavy atom. The Bertz CT molecular complexity index is 3070. The molecule has 0 spiro atoms. The lowest BCUT2D eigenvalue weighted by Gasteiger charge is -2.30. The molecule has 270 valence electrons. The normalized spacial score (nSPS) is 11.4. The number of hydrogen-bond donors (Lipinski definition) is 0. The van der Waals surface area contributed by atoms with Crippen LogP contribution in [-0.2, 0) is 0 Å². The number of fused-ring (bicyclic) bond motifs is 6. The summed E-state index contributed by atoms with van der Waals surface area (Å²) in [6.07, 6.45) is 0. The summed E-state index contributed by atoms with van der Waals surface area (Å²) in [4.78, 5) is 0. The summed E-state index contributed by atoms with van der Waals surface area (Å²) >= 11 is 0. The van der Waals surface area contributed by atoms with Gasteiger partial charge in [-0.2, -0.15) is 0 Å². The fourth-order valence-corrected chi connectivity index (χ4v) is 9.38. The molecule has 0 heterocycles. The summed E-state index contributed by atoms with van der Waals surface area (Å²) in [5.74, 6) is 0. The topological polar surface area (TPSA) is 0 Å². The van der Waals surface area contributed by atoms with Crippen LogP contribution in [0.25, 0.3) is 110 Å². The first kappa shape index (κ1) is 33.8. The first-order chi connectivity index (χ1) is 28.8. The summed E-state index contributed by atoms with van der Waals surface area (Å²) in [6.45, 7) is 0. The summed E-state index contributed by atoms with van der Waals surface area (Å²) in [5.41, 5.74) is 14.5. The van der Waals surface area contributed by atoms with Crippen LogP contribution in [0.5, 0.6) is 0 Å². The minimum absolute atomic E-state index is 1.18. The molecule has 0 aliphatic heterocycles. The van der Waals surface area contributed by atoms with Gasteiger partial charge in [-0.3, -0.25) is 0 Å². The molecule has 0 bridgehead atoms. The van der Waals surface area contributed by atoms with Crippen molar-refractivity contribution >= 4 is 43.1 Å². The average Bonchev–Trinajstić information content (AvgIpc) is 3.31. The van der Waals surface area contributed by atoms with E-state index < -0.39 is 0 Å². The van der Waals surface area contributed by atoms with Crippen LogP contribution in [-0.4, -0.2) is 0 Å². The Morgan fingerprint density at radius 3 is 0.741 bits per heavy atom. The number of rotatable bonds is 6. The maximum atomic E-state index is 2.46. The zero-order valence-corrected chi connectivity index (χ0v) is 31.9. The minimum Gasteiger partial charge on any atom is -0.0622 e. The highest BCUT2D eigenvalue weighted by atomic mass is 14.3. The van der Waals surface area contributed by atoms with Gasteiger partial charge in [0.2, 0.25) is 0 Å². The molecule has 0 saturated carbocycles. The third-order valence-corrected chi connectivity index (χ3v) is 11.8. The first-order valence-corrected chi connectivity index (χ1v) is 20.1. The van der Waals surface area contributed by atoms with Crippen molar-refractivity contribution in [2.24, 2.45) is 0 Å². The van der Waals surface area contributed by atoms with Crippen molar-refractivity contribution in [1.29, 1.82) is 0 Å². The minimum atomic E-state index is 1.18. The van der Waals surface area contributed by atoms with Crippen LogP contribution in [0.2, 0.25) is 0 Å². The largest absolute Gasteiger partial charge is 0.0622 e. The summed E-state index contributed by atoms with van der Waals surface area (Å²) < 4.78 is 0. The van der Waals surface area contributed by atoms with Crippen molar-refractivity contribution < 1.29 is 0 Å². The lowest BCUT2D eigenvalue weighted by molar-refractivity contribution is 1.53. The molecule has 0 nitrogen and oxygen atoms in total. The lowest BCUT2D eigenvalue weighted by Crippen LogP contribution is -2.03. The number of benzene rings is 11. The second kappa shape index (κ2) is 14.2. The van der Waals surface area contributed by atoms with Crippen molar-refractivity contribution in [3.8, 4) is 66.8 Å². The highest BCUT2D eigenvalue weighted by molar-refractivity contribution is 6.24. The van der Waals surface area contributed by atoms with Gasteiger partial charge in [-0.25, -0.2) is 0 Å². The second-order valence-electron chi connectivity index (χ2n) is 15.1. The van der Waals surface area contributed by atoms with Gasteiger partial charge < -0.3 is 0 Å². The van der Waals surface area contributed by atoms with Gasteiger partial charge in [0.05, 0.1) is 0 Å². The molecule has 11 aromatic carbocycles. The zero-order valence-electron chi connectivity index (χ0n) is 31.9. The molecule has 0 radical (unpaired) electrons. The number of hydrogen-bond acceptors (Lipinski definition) is 0. The van der Waals surface area contributed by atoms with Crippen molar-refractivity contribution in [2.45, 2.75) is 0 Å². The molecular weight excluding hydrogens is 697 g/mol. The Balaban J connectivity index is 1.50. The maximum absolute atomic E-state index is 2.46. The Kier molecular flexibility index (Phi) is 8.26. The molecule has 0 aromatic heterocycles.